The molecule has 0 aromatic heterocycles. The maximum atomic E-state index is 10.9. The highest BCUT2D eigenvalue weighted by atomic mass is 28.3. The van der Waals surface area contributed by atoms with Gasteiger partial charge in [0.1, 0.15) is 0 Å². The second-order valence-corrected chi connectivity index (χ2v) is 9.03. The zero-order valence-corrected chi connectivity index (χ0v) is 9.06. The summed E-state index contributed by atoms with van der Waals surface area (Å²) in [6.45, 7) is 8.60. The Labute approximate surface area is 66.0 Å². The van der Waals surface area contributed by atoms with Gasteiger partial charge in [-0.1, -0.05) is 26.2 Å². The van der Waals surface area contributed by atoms with E-state index in [-0.39, 0.29) is 11.1 Å². The lowest BCUT2D eigenvalue weighted by molar-refractivity contribution is -0.116. The van der Waals surface area contributed by atoms with Gasteiger partial charge in [-0.15, -0.1) is 0 Å². The van der Waals surface area contributed by atoms with Crippen LogP contribution in [0.3, 0.4) is 0 Å². The molecule has 0 rings (SSSR count). The van der Waals surface area contributed by atoms with Gasteiger partial charge in [0, 0.05) is 5.16 Å². The summed E-state index contributed by atoms with van der Waals surface area (Å²) in [6.07, 6.45) is 0. The summed E-state index contributed by atoms with van der Waals surface area (Å²) in [5, 5.41) is 0.231. The Balaban J connectivity index is 4.12. The average molecular weight is 173 g/mol. The quantitative estimate of drug-likeness (QED) is 0.633. The molecule has 0 heterocycles. The maximum absolute atomic E-state index is 10.9. The number of nitrogens with two attached hydrogens (primary N) is 1. The lowest BCUT2D eigenvalue weighted by Crippen LogP contribution is -2.36. The van der Waals surface area contributed by atoms with Crippen LogP contribution in [0, 0.1) is 0 Å². The average Bonchev–Trinajstić information content (AvgIpc) is 1.59. The number of hydrogen-bond acceptors (Lipinski definition) is 1. The zero-order chi connectivity index (χ0) is 8.31. The molecule has 0 spiro atoms. The van der Waals surface area contributed by atoms with E-state index in [2.05, 4.69) is 26.2 Å². The van der Waals surface area contributed by atoms with E-state index in [1.807, 2.05) is 0 Å². The molecule has 0 fully saturated rings. The first-order chi connectivity index (χ1) is 4.46. The minimum Gasteiger partial charge on any atom is -0.370 e. The van der Waals surface area contributed by atoms with Crippen LogP contribution in [0.4, 0.5) is 0 Å². The first-order valence-electron chi connectivity index (χ1n) is 3.36. The molecule has 0 aromatic rings. The van der Waals surface area contributed by atoms with E-state index >= 15 is 0 Å². The van der Waals surface area contributed by atoms with Crippen LogP contribution >= 0.6 is 0 Å². The Hall–Kier alpha value is -0.0962. The van der Waals surface area contributed by atoms with Crippen LogP contribution in [0.5, 0.6) is 0 Å². The van der Waals surface area contributed by atoms with Crippen molar-refractivity contribution in [3.05, 3.63) is 0 Å². The number of carbonyl (C=O) groups is 1. The van der Waals surface area contributed by atoms with Crippen molar-refractivity contribution in [2.24, 2.45) is 5.73 Å². The van der Waals surface area contributed by atoms with Gasteiger partial charge in [-0.05, 0) is 0 Å². The van der Waals surface area contributed by atoms with Gasteiger partial charge in [0.05, 0.1) is 17.6 Å². The van der Waals surface area contributed by atoms with Crippen LogP contribution < -0.4 is 5.73 Å². The lowest BCUT2D eigenvalue weighted by atomic mass is 10.7. The van der Waals surface area contributed by atoms with E-state index in [1.54, 1.807) is 0 Å². The second-order valence-electron chi connectivity index (χ2n) is 2.99. The minimum absolute atomic E-state index is 0.0854. The molecular weight excluding hydrogens is 158 g/mol. The second kappa shape index (κ2) is 3.93. The summed E-state index contributed by atoms with van der Waals surface area (Å²) in [7, 11) is -1.00. The molecule has 0 atom stereocenters. The molecule has 1 amide bonds. The molecule has 0 unspecified atom stereocenters. The first kappa shape index (κ1) is 9.90. The number of carbonyl (C=O) groups excluding carboxylic acids is 1. The van der Waals surface area contributed by atoms with Crippen LogP contribution in [0.1, 0.15) is 0 Å². The van der Waals surface area contributed by atoms with E-state index in [9.17, 15) is 4.79 Å². The molecule has 58 valence electrons. The van der Waals surface area contributed by atoms with Crippen molar-refractivity contribution >= 4 is 23.5 Å². The van der Waals surface area contributed by atoms with Crippen LogP contribution in [0.15, 0.2) is 0 Å². The van der Waals surface area contributed by atoms with Crippen LogP contribution in [-0.2, 0) is 4.79 Å². The molecule has 0 aromatic carbocycles. The highest BCUT2D eigenvalue weighted by molar-refractivity contribution is 6.82. The van der Waals surface area contributed by atoms with Crippen molar-refractivity contribution in [2.75, 3.05) is 0 Å². The number of amides is 1. The van der Waals surface area contributed by atoms with Gasteiger partial charge in [0.15, 0.2) is 0 Å². The fourth-order valence-corrected chi connectivity index (χ4v) is 6.90. The molecular formula is C6H15NOSi2. The van der Waals surface area contributed by atoms with E-state index in [0.717, 1.165) is 0 Å². The summed E-state index contributed by atoms with van der Waals surface area (Å²) < 4.78 is 0. The molecule has 2 N–H and O–H groups in total. The Morgan fingerprint density at radius 3 is 1.50 bits per heavy atom. The van der Waals surface area contributed by atoms with E-state index in [4.69, 9.17) is 5.73 Å². The summed E-state index contributed by atoms with van der Waals surface area (Å²) in [4.78, 5) is 10.9. The molecule has 2 radical (unpaired) electrons. The Bertz CT molecular complexity index is 117. The fourth-order valence-electron chi connectivity index (χ4n) is 1.15. The largest absolute Gasteiger partial charge is 0.370 e. The number of rotatable bonds is 3. The van der Waals surface area contributed by atoms with Crippen molar-refractivity contribution in [3.63, 3.8) is 0 Å². The van der Waals surface area contributed by atoms with Gasteiger partial charge in [0.25, 0.3) is 0 Å². The van der Waals surface area contributed by atoms with Crippen molar-refractivity contribution in [1.82, 2.24) is 0 Å². The summed E-state index contributed by atoms with van der Waals surface area (Å²) >= 11 is 0. The predicted molar refractivity (Wildman–Crippen MR) is 47.9 cm³/mol. The molecule has 4 heteroatoms. The molecule has 10 heavy (non-hydrogen) atoms. The molecule has 0 bridgehead atoms. The monoisotopic (exact) mass is 173 g/mol. The smallest absolute Gasteiger partial charge is 0.214 e. The van der Waals surface area contributed by atoms with E-state index < -0.39 is 17.6 Å². The normalized spacial score (nSPS) is 11.5. The van der Waals surface area contributed by atoms with Gasteiger partial charge in [0.2, 0.25) is 5.91 Å². The SMILES string of the molecule is C[Si](C)C(C(N)=O)[Si](C)C. The third-order valence-corrected chi connectivity index (χ3v) is 7.78. The van der Waals surface area contributed by atoms with Gasteiger partial charge in [-0.2, -0.15) is 0 Å². The van der Waals surface area contributed by atoms with Crippen LogP contribution in [0.25, 0.3) is 0 Å². The Morgan fingerprint density at radius 1 is 1.20 bits per heavy atom. The zero-order valence-electron chi connectivity index (χ0n) is 7.06. The topological polar surface area (TPSA) is 43.1 Å². The highest BCUT2D eigenvalue weighted by Crippen LogP contribution is 2.13. The van der Waals surface area contributed by atoms with Gasteiger partial charge in [-0.25, -0.2) is 0 Å². The van der Waals surface area contributed by atoms with Crippen molar-refractivity contribution < 1.29 is 4.79 Å². The predicted octanol–water partition coefficient (Wildman–Crippen LogP) is 0.890. The minimum atomic E-state index is -0.501. The molecule has 0 saturated heterocycles. The molecule has 0 aliphatic carbocycles. The molecule has 0 saturated carbocycles. The fraction of sp³-hybridized carbons (Fsp3) is 0.833. The highest BCUT2D eigenvalue weighted by Gasteiger charge is 2.24. The van der Waals surface area contributed by atoms with Crippen molar-refractivity contribution in [2.45, 2.75) is 31.4 Å². The van der Waals surface area contributed by atoms with Gasteiger partial charge in [-0.3, -0.25) is 4.79 Å². The Morgan fingerprint density at radius 2 is 1.50 bits per heavy atom. The third-order valence-electron chi connectivity index (χ3n) is 1.44. The van der Waals surface area contributed by atoms with Gasteiger partial charge >= 0.3 is 0 Å². The Kier molecular flexibility index (Phi) is 3.89. The van der Waals surface area contributed by atoms with Crippen LogP contribution in [0.2, 0.25) is 31.4 Å². The third kappa shape index (κ3) is 2.66. The summed E-state index contributed by atoms with van der Waals surface area (Å²) in [5.41, 5.74) is 5.25. The molecule has 0 aliphatic heterocycles. The van der Waals surface area contributed by atoms with Crippen molar-refractivity contribution in [3.8, 4) is 0 Å². The van der Waals surface area contributed by atoms with Crippen LogP contribution in [-0.4, -0.2) is 23.5 Å². The lowest BCUT2D eigenvalue weighted by Gasteiger charge is -2.17. The maximum Gasteiger partial charge on any atom is 0.214 e. The van der Waals surface area contributed by atoms with Gasteiger partial charge < -0.3 is 5.73 Å². The van der Waals surface area contributed by atoms with Crippen molar-refractivity contribution in [1.29, 1.82) is 0 Å². The molecule has 0 aliphatic rings. The number of hydrogen-bond donors (Lipinski definition) is 1. The number of primary amides is 1. The summed E-state index contributed by atoms with van der Waals surface area (Å²) in [5.74, 6) is -0.0854. The first-order valence-corrected chi connectivity index (χ1v) is 8.51. The van der Waals surface area contributed by atoms with E-state index in [0.29, 0.717) is 0 Å². The standard InChI is InChI=1S/C6H15NOSi2/c1-9(2)6(5(7)8)10(3)4/h6H,1-4H3,(H2,7,8). The van der Waals surface area contributed by atoms with E-state index in [1.165, 1.54) is 0 Å². The summed E-state index contributed by atoms with van der Waals surface area (Å²) in [6, 6.07) is 0. The molecule has 2 nitrogen and oxygen atoms in total.